The predicted molar refractivity (Wildman–Crippen MR) is 141 cm³/mol. The third kappa shape index (κ3) is 4.86. The number of ether oxygens (including phenoxy) is 1. The van der Waals surface area contributed by atoms with Crippen LogP contribution in [-0.4, -0.2) is 27.1 Å². The van der Waals surface area contributed by atoms with Gasteiger partial charge in [-0.05, 0) is 62.9 Å². The molecule has 182 valence electrons. The minimum Gasteiger partial charge on any atom is -0.466 e. The van der Waals surface area contributed by atoms with Gasteiger partial charge in [0, 0.05) is 18.0 Å². The molecule has 0 fully saturated rings. The second-order valence-electron chi connectivity index (χ2n) is 9.75. The van der Waals surface area contributed by atoms with Gasteiger partial charge in [-0.25, -0.2) is 9.97 Å². The summed E-state index contributed by atoms with van der Waals surface area (Å²) < 4.78 is 7.68. The fraction of sp³-hybridized carbons (Fsp3) is 0.367. The van der Waals surface area contributed by atoms with E-state index in [1.54, 1.807) is 0 Å². The molecule has 5 nitrogen and oxygen atoms in total. The van der Waals surface area contributed by atoms with E-state index in [2.05, 4.69) is 60.9 Å². The molecule has 0 saturated carbocycles. The van der Waals surface area contributed by atoms with E-state index in [-0.39, 0.29) is 11.9 Å². The van der Waals surface area contributed by atoms with Gasteiger partial charge in [0.25, 0.3) is 0 Å². The van der Waals surface area contributed by atoms with Crippen LogP contribution in [0.2, 0.25) is 0 Å². The van der Waals surface area contributed by atoms with Crippen molar-refractivity contribution >= 4 is 17.1 Å². The average Bonchev–Trinajstić information content (AvgIpc) is 3.18. The van der Waals surface area contributed by atoms with Crippen LogP contribution < -0.4 is 0 Å². The maximum atomic E-state index is 12.9. The molecular formula is C30H35N3O2. The summed E-state index contributed by atoms with van der Waals surface area (Å²) in [6, 6.07) is 20.9. The molecule has 0 aliphatic carbocycles. The molecule has 0 bridgehead atoms. The number of carbonyl (C=O) groups is 1. The number of rotatable bonds is 8. The Hall–Kier alpha value is -3.47. The van der Waals surface area contributed by atoms with E-state index in [1.807, 2.05) is 45.9 Å². The molecule has 1 unspecified atom stereocenters. The third-order valence-electron chi connectivity index (χ3n) is 6.73. The van der Waals surface area contributed by atoms with Gasteiger partial charge in [0.2, 0.25) is 0 Å². The molecule has 35 heavy (non-hydrogen) atoms. The van der Waals surface area contributed by atoms with E-state index in [9.17, 15) is 4.79 Å². The molecule has 0 aliphatic rings. The molecule has 4 aromatic rings. The normalized spacial score (nSPS) is 12.6. The van der Waals surface area contributed by atoms with Crippen molar-refractivity contribution in [2.24, 2.45) is 5.41 Å². The van der Waals surface area contributed by atoms with Crippen LogP contribution in [0.3, 0.4) is 0 Å². The van der Waals surface area contributed by atoms with Gasteiger partial charge in [-0.15, -0.1) is 0 Å². The lowest BCUT2D eigenvalue weighted by Gasteiger charge is -2.33. The molecule has 0 amide bonds. The first-order chi connectivity index (χ1) is 16.8. The highest BCUT2D eigenvalue weighted by molar-refractivity contribution is 5.78. The molecule has 2 heterocycles. The Kier molecular flexibility index (Phi) is 7.06. The van der Waals surface area contributed by atoms with Crippen molar-refractivity contribution in [3.05, 3.63) is 94.4 Å². The quantitative estimate of drug-likeness (QED) is 0.281. The zero-order valence-corrected chi connectivity index (χ0v) is 21.6. The number of aromatic nitrogens is 3. The molecule has 1 atom stereocenters. The molecule has 2 aromatic heterocycles. The lowest BCUT2D eigenvalue weighted by Crippen LogP contribution is -2.34. The number of pyridine rings is 1. The molecular weight excluding hydrogens is 434 g/mol. The first kappa shape index (κ1) is 24.6. The summed E-state index contributed by atoms with van der Waals surface area (Å²) in [4.78, 5) is 22.6. The lowest BCUT2D eigenvalue weighted by atomic mass is 9.71. The molecule has 0 radical (unpaired) electrons. The molecule has 0 spiro atoms. The van der Waals surface area contributed by atoms with Crippen LogP contribution in [0.25, 0.3) is 11.2 Å². The van der Waals surface area contributed by atoms with Gasteiger partial charge in [0.15, 0.2) is 5.65 Å². The van der Waals surface area contributed by atoms with Gasteiger partial charge in [0.05, 0.1) is 18.6 Å². The largest absolute Gasteiger partial charge is 0.466 e. The number of benzene rings is 2. The molecule has 5 heteroatoms. The first-order valence-electron chi connectivity index (χ1n) is 12.4. The van der Waals surface area contributed by atoms with E-state index in [0.29, 0.717) is 13.2 Å². The van der Waals surface area contributed by atoms with E-state index in [0.717, 1.165) is 45.8 Å². The summed E-state index contributed by atoms with van der Waals surface area (Å²) in [6.07, 6.45) is 0.844. The molecule has 0 N–H and O–H groups in total. The highest BCUT2D eigenvalue weighted by Crippen LogP contribution is 2.42. The summed E-state index contributed by atoms with van der Waals surface area (Å²) in [5, 5.41) is 0. The van der Waals surface area contributed by atoms with Crippen LogP contribution in [0.5, 0.6) is 0 Å². The zero-order valence-electron chi connectivity index (χ0n) is 21.6. The van der Waals surface area contributed by atoms with Crippen LogP contribution in [0.15, 0.2) is 60.7 Å². The van der Waals surface area contributed by atoms with Gasteiger partial charge in [0.1, 0.15) is 11.3 Å². The van der Waals surface area contributed by atoms with Gasteiger partial charge < -0.3 is 9.30 Å². The van der Waals surface area contributed by atoms with Crippen LogP contribution >= 0.6 is 0 Å². The van der Waals surface area contributed by atoms with Crippen molar-refractivity contribution in [1.29, 1.82) is 0 Å². The number of nitrogens with zero attached hydrogens (tertiary/aromatic N) is 3. The standard InChI is InChI=1S/C30H35N3O2/c1-7-25-32-27-20(3)18-21(4)31-28(27)33(25)19-22-14-16-24(17-15-22)26(23-12-10-9-11-13-23)30(5,6)29(34)35-8-2/h9-18,26H,7-8,19H2,1-6H3. The number of carbonyl (C=O) groups excluding carboxylic acids is 1. The molecule has 0 aliphatic heterocycles. The lowest BCUT2D eigenvalue weighted by molar-refractivity contribution is -0.154. The minimum absolute atomic E-state index is 0.121. The zero-order chi connectivity index (χ0) is 25.2. The highest BCUT2D eigenvalue weighted by atomic mass is 16.5. The average molecular weight is 470 g/mol. The van der Waals surface area contributed by atoms with Crippen molar-refractivity contribution in [2.45, 2.75) is 60.4 Å². The van der Waals surface area contributed by atoms with E-state index < -0.39 is 5.41 Å². The Morgan fingerprint density at radius 2 is 1.63 bits per heavy atom. The fourth-order valence-corrected chi connectivity index (χ4v) is 4.99. The van der Waals surface area contributed by atoms with Gasteiger partial charge in [-0.1, -0.05) is 61.5 Å². The Labute approximate surface area is 208 Å². The minimum atomic E-state index is -0.714. The number of hydrogen-bond acceptors (Lipinski definition) is 4. The Bertz CT molecular complexity index is 1320. The van der Waals surface area contributed by atoms with Gasteiger partial charge in [-0.2, -0.15) is 0 Å². The van der Waals surface area contributed by atoms with Crippen LogP contribution in [0.1, 0.15) is 67.4 Å². The van der Waals surface area contributed by atoms with E-state index in [1.165, 1.54) is 5.56 Å². The summed E-state index contributed by atoms with van der Waals surface area (Å²) >= 11 is 0. The molecule has 2 aromatic carbocycles. The van der Waals surface area contributed by atoms with Crippen LogP contribution in [-0.2, 0) is 22.5 Å². The smallest absolute Gasteiger partial charge is 0.312 e. The number of hydrogen-bond donors (Lipinski definition) is 0. The predicted octanol–water partition coefficient (Wildman–Crippen LogP) is 6.38. The molecule has 0 saturated heterocycles. The van der Waals surface area contributed by atoms with Crippen molar-refractivity contribution in [3.63, 3.8) is 0 Å². The van der Waals surface area contributed by atoms with Crippen molar-refractivity contribution in [2.75, 3.05) is 6.61 Å². The summed E-state index contributed by atoms with van der Waals surface area (Å²) in [5.74, 6) is 0.729. The second-order valence-corrected chi connectivity index (χ2v) is 9.75. The number of imidazole rings is 1. The maximum Gasteiger partial charge on any atom is 0.312 e. The number of esters is 1. The summed E-state index contributed by atoms with van der Waals surface area (Å²) in [5.41, 5.74) is 6.72. The fourth-order valence-electron chi connectivity index (χ4n) is 4.99. The number of aryl methyl sites for hydroxylation is 3. The third-order valence-corrected chi connectivity index (χ3v) is 6.73. The SMILES string of the molecule is CCOC(=O)C(C)(C)C(c1ccccc1)c1ccc(Cn2c(CC)nc3c(C)cc(C)nc32)cc1. The monoisotopic (exact) mass is 469 g/mol. The van der Waals surface area contributed by atoms with Crippen molar-refractivity contribution < 1.29 is 9.53 Å². The number of fused-ring (bicyclic) bond motifs is 1. The van der Waals surface area contributed by atoms with Gasteiger partial charge >= 0.3 is 5.97 Å². The first-order valence-corrected chi connectivity index (χ1v) is 12.4. The topological polar surface area (TPSA) is 57.0 Å². The Morgan fingerprint density at radius 1 is 0.971 bits per heavy atom. The summed E-state index contributed by atoms with van der Waals surface area (Å²) in [6.45, 7) is 13.1. The van der Waals surface area contributed by atoms with Crippen LogP contribution in [0, 0.1) is 19.3 Å². The highest BCUT2D eigenvalue weighted by Gasteiger charge is 2.40. The second kappa shape index (κ2) is 10.0. The Balaban J connectivity index is 1.71. The van der Waals surface area contributed by atoms with Gasteiger partial charge in [-0.3, -0.25) is 4.79 Å². The van der Waals surface area contributed by atoms with Crippen molar-refractivity contribution in [3.8, 4) is 0 Å². The van der Waals surface area contributed by atoms with Crippen LogP contribution in [0.4, 0.5) is 0 Å². The van der Waals surface area contributed by atoms with Crippen molar-refractivity contribution in [1.82, 2.24) is 14.5 Å². The van der Waals surface area contributed by atoms with E-state index in [4.69, 9.17) is 14.7 Å². The Morgan fingerprint density at radius 3 is 2.26 bits per heavy atom. The van der Waals surface area contributed by atoms with E-state index >= 15 is 0 Å². The maximum absolute atomic E-state index is 12.9. The molecule has 4 rings (SSSR count). The summed E-state index contributed by atoms with van der Waals surface area (Å²) in [7, 11) is 0.